The highest BCUT2D eigenvalue weighted by Gasteiger charge is 2.21. The molecule has 0 aromatic rings. The number of nitrogens with zero attached hydrogens (tertiary/aromatic N) is 1. The van der Waals surface area contributed by atoms with Crippen LogP contribution in [0.2, 0.25) is 0 Å². The van der Waals surface area contributed by atoms with E-state index in [9.17, 15) is 4.79 Å². The van der Waals surface area contributed by atoms with Gasteiger partial charge in [0.2, 0.25) is 5.91 Å². The Morgan fingerprint density at radius 3 is 2.55 bits per heavy atom. The van der Waals surface area contributed by atoms with Gasteiger partial charge in [0.1, 0.15) is 0 Å². The van der Waals surface area contributed by atoms with E-state index in [-0.39, 0.29) is 24.7 Å². The van der Waals surface area contributed by atoms with Crippen molar-refractivity contribution in [1.29, 1.82) is 0 Å². The van der Waals surface area contributed by atoms with Crippen molar-refractivity contribution in [3.63, 3.8) is 0 Å². The second kappa shape index (κ2) is 9.32. The van der Waals surface area contributed by atoms with Crippen LogP contribution in [0.25, 0.3) is 0 Å². The van der Waals surface area contributed by atoms with Crippen molar-refractivity contribution in [3.8, 4) is 0 Å². The minimum absolute atomic E-state index is 0.117. The van der Waals surface area contributed by atoms with E-state index in [4.69, 9.17) is 9.84 Å². The summed E-state index contributed by atoms with van der Waals surface area (Å²) in [5.41, 5.74) is 0. The number of likely N-dealkylation sites (tertiary alicyclic amines) is 1. The standard InChI is InChI=1S/C15H30N2O3/c1-12(2)13(3)16-15(19)11-17-7-5-14(6-8-17)20-10-4-9-18/h12-14,18H,4-11H2,1-3H3,(H,16,19). The molecule has 0 spiro atoms. The monoisotopic (exact) mass is 286 g/mol. The number of hydrogen-bond acceptors (Lipinski definition) is 4. The number of carbonyl (C=O) groups excluding carboxylic acids is 1. The van der Waals surface area contributed by atoms with Crippen molar-refractivity contribution in [2.45, 2.75) is 52.2 Å². The first kappa shape index (κ1) is 17.4. The van der Waals surface area contributed by atoms with Crippen molar-refractivity contribution >= 4 is 5.91 Å². The molecule has 1 amide bonds. The van der Waals surface area contributed by atoms with Gasteiger partial charge in [-0.25, -0.2) is 0 Å². The lowest BCUT2D eigenvalue weighted by molar-refractivity contribution is -0.123. The zero-order valence-corrected chi connectivity index (χ0v) is 13.1. The molecular formula is C15H30N2O3. The van der Waals surface area contributed by atoms with E-state index in [1.807, 2.05) is 6.92 Å². The lowest BCUT2D eigenvalue weighted by Crippen LogP contribution is -2.46. The van der Waals surface area contributed by atoms with E-state index in [2.05, 4.69) is 24.1 Å². The molecule has 1 fully saturated rings. The van der Waals surface area contributed by atoms with Crippen LogP contribution in [0.4, 0.5) is 0 Å². The molecular weight excluding hydrogens is 256 g/mol. The molecule has 5 nitrogen and oxygen atoms in total. The maximum Gasteiger partial charge on any atom is 0.234 e. The fraction of sp³-hybridized carbons (Fsp3) is 0.933. The van der Waals surface area contributed by atoms with Crippen molar-refractivity contribution < 1.29 is 14.6 Å². The number of aliphatic hydroxyl groups is 1. The fourth-order valence-electron chi connectivity index (χ4n) is 2.22. The maximum absolute atomic E-state index is 11.9. The maximum atomic E-state index is 11.9. The van der Waals surface area contributed by atoms with Gasteiger partial charge in [0.15, 0.2) is 0 Å². The molecule has 0 aliphatic carbocycles. The van der Waals surface area contributed by atoms with Crippen molar-refractivity contribution in [2.24, 2.45) is 5.92 Å². The summed E-state index contributed by atoms with van der Waals surface area (Å²) in [6.45, 7) is 9.39. The van der Waals surface area contributed by atoms with Crippen LogP contribution < -0.4 is 5.32 Å². The minimum atomic E-state index is 0.117. The topological polar surface area (TPSA) is 61.8 Å². The van der Waals surface area contributed by atoms with E-state index in [0.29, 0.717) is 25.5 Å². The van der Waals surface area contributed by atoms with E-state index >= 15 is 0 Å². The average molecular weight is 286 g/mol. The van der Waals surface area contributed by atoms with Crippen LogP contribution in [0.15, 0.2) is 0 Å². The Bertz CT molecular complexity index is 276. The molecule has 118 valence electrons. The van der Waals surface area contributed by atoms with E-state index in [1.54, 1.807) is 0 Å². The summed E-state index contributed by atoms with van der Waals surface area (Å²) in [6.07, 6.45) is 2.93. The average Bonchev–Trinajstić information content (AvgIpc) is 2.40. The Hall–Kier alpha value is -0.650. The Morgan fingerprint density at radius 1 is 1.35 bits per heavy atom. The van der Waals surface area contributed by atoms with Crippen LogP contribution >= 0.6 is 0 Å². The van der Waals surface area contributed by atoms with Crippen LogP contribution in [0.1, 0.15) is 40.0 Å². The normalized spacial score (nSPS) is 19.2. The summed E-state index contributed by atoms with van der Waals surface area (Å²) in [7, 11) is 0. The van der Waals surface area contributed by atoms with Crippen molar-refractivity contribution in [2.75, 3.05) is 32.8 Å². The first-order chi connectivity index (χ1) is 9.52. The number of ether oxygens (including phenoxy) is 1. The molecule has 1 atom stereocenters. The van der Waals surface area contributed by atoms with Crippen LogP contribution in [0.5, 0.6) is 0 Å². The van der Waals surface area contributed by atoms with Gasteiger partial charge < -0.3 is 15.2 Å². The molecule has 1 aliphatic heterocycles. The van der Waals surface area contributed by atoms with Crippen LogP contribution in [0, 0.1) is 5.92 Å². The molecule has 0 radical (unpaired) electrons. The highest BCUT2D eigenvalue weighted by molar-refractivity contribution is 5.78. The molecule has 0 saturated carbocycles. The number of amides is 1. The molecule has 0 aromatic heterocycles. The molecule has 0 aromatic carbocycles. The molecule has 1 aliphatic rings. The number of aliphatic hydroxyl groups excluding tert-OH is 1. The second-order valence-corrected chi connectivity index (χ2v) is 6.02. The number of carbonyl (C=O) groups is 1. The summed E-state index contributed by atoms with van der Waals surface area (Å²) in [5.74, 6) is 0.579. The molecule has 5 heteroatoms. The molecule has 1 unspecified atom stereocenters. The highest BCUT2D eigenvalue weighted by atomic mass is 16.5. The van der Waals surface area contributed by atoms with Gasteiger partial charge in [-0.1, -0.05) is 13.8 Å². The largest absolute Gasteiger partial charge is 0.396 e. The summed E-state index contributed by atoms with van der Waals surface area (Å²) in [6, 6.07) is 0.224. The predicted octanol–water partition coefficient (Wildman–Crippen LogP) is 1.01. The van der Waals surface area contributed by atoms with E-state index < -0.39 is 0 Å². The SMILES string of the molecule is CC(C)C(C)NC(=O)CN1CCC(OCCCO)CC1. The van der Waals surface area contributed by atoms with Crippen molar-refractivity contribution in [3.05, 3.63) is 0 Å². The van der Waals surface area contributed by atoms with Crippen molar-refractivity contribution in [1.82, 2.24) is 10.2 Å². The smallest absolute Gasteiger partial charge is 0.234 e. The third-order valence-electron chi connectivity index (χ3n) is 3.95. The van der Waals surface area contributed by atoms with Crippen LogP contribution in [0.3, 0.4) is 0 Å². The van der Waals surface area contributed by atoms with Gasteiger partial charge in [-0.05, 0) is 32.1 Å². The lowest BCUT2D eigenvalue weighted by atomic mass is 10.1. The summed E-state index contributed by atoms with van der Waals surface area (Å²) >= 11 is 0. The second-order valence-electron chi connectivity index (χ2n) is 6.02. The zero-order valence-electron chi connectivity index (χ0n) is 13.1. The summed E-state index contributed by atoms with van der Waals surface area (Å²) < 4.78 is 5.69. The molecule has 2 N–H and O–H groups in total. The predicted molar refractivity (Wildman–Crippen MR) is 79.6 cm³/mol. The Balaban J connectivity index is 2.17. The Kier molecular flexibility index (Phi) is 8.11. The van der Waals surface area contributed by atoms with Crippen LogP contribution in [-0.4, -0.2) is 60.9 Å². The van der Waals surface area contributed by atoms with Gasteiger partial charge in [-0.3, -0.25) is 9.69 Å². The summed E-state index contributed by atoms with van der Waals surface area (Å²) in [5, 5.41) is 11.8. The molecule has 1 rings (SSSR count). The molecule has 1 heterocycles. The number of nitrogens with one attached hydrogen (secondary N) is 1. The fourth-order valence-corrected chi connectivity index (χ4v) is 2.22. The third kappa shape index (κ3) is 6.68. The van der Waals surface area contributed by atoms with Gasteiger partial charge in [0, 0.05) is 32.3 Å². The number of piperidine rings is 1. The van der Waals surface area contributed by atoms with Gasteiger partial charge >= 0.3 is 0 Å². The van der Waals surface area contributed by atoms with E-state index in [1.165, 1.54) is 0 Å². The summed E-state index contributed by atoms with van der Waals surface area (Å²) in [4.78, 5) is 14.1. The Labute approximate surface area is 122 Å². The molecule has 1 saturated heterocycles. The van der Waals surface area contributed by atoms with Crippen LogP contribution in [-0.2, 0) is 9.53 Å². The first-order valence-electron chi connectivity index (χ1n) is 7.77. The zero-order chi connectivity index (χ0) is 15.0. The Morgan fingerprint density at radius 2 is 2.00 bits per heavy atom. The highest BCUT2D eigenvalue weighted by Crippen LogP contribution is 2.13. The molecule has 20 heavy (non-hydrogen) atoms. The van der Waals surface area contributed by atoms with Gasteiger partial charge in [0.05, 0.1) is 12.6 Å². The van der Waals surface area contributed by atoms with E-state index in [0.717, 1.165) is 25.9 Å². The number of hydrogen-bond donors (Lipinski definition) is 2. The lowest BCUT2D eigenvalue weighted by Gasteiger charge is -2.31. The minimum Gasteiger partial charge on any atom is -0.396 e. The van der Waals surface area contributed by atoms with Gasteiger partial charge in [-0.2, -0.15) is 0 Å². The number of rotatable bonds is 8. The quantitative estimate of drug-likeness (QED) is 0.654. The molecule has 0 bridgehead atoms. The van der Waals surface area contributed by atoms with Gasteiger partial charge in [0.25, 0.3) is 0 Å². The first-order valence-corrected chi connectivity index (χ1v) is 7.77. The van der Waals surface area contributed by atoms with Gasteiger partial charge in [-0.15, -0.1) is 0 Å². The third-order valence-corrected chi connectivity index (χ3v) is 3.95.